The van der Waals surface area contributed by atoms with Gasteiger partial charge in [0.25, 0.3) is 0 Å². The highest BCUT2D eigenvalue weighted by Crippen LogP contribution is 2.38. The van der Waals surface area contributed by atoms with E-state index < -0.39 is 0 Å². The van der Waals surface area contributed by atoms with Gasteiger partial charge in [-0.25, -0.2) is 0 Å². The summed E-state index contributed by atoms with van der Waals surface area (Å²) in [5.74, 6) is 0.766. The standard InChI is InChI=1S/C14H23ClN2S/c1-4-11(16)14(12-5-6-13(15)18-12)17-8-9(2)7-10(17)3/h5-6,9-11,14H,4,7-8,16H2,1-3H3. The topological polar surface area (TPSA) is 29.3 Å². The summed E-state index contributed by atoms with van der Waals surface area (Å²) in [4.78, 5) is 3.89. The van der Waals surface area contributed by atoms with E-state index >= 15 is 0 Å². The summed E-state index contributed by atoms with van der Waals surface area (Å²) < 4.78 is 0.859. The number of thiophene rings is 1. The van der Waals surface area contributed by atoms with Crippen molar-refractivity contribution in [2.24, 2.45) is 11.7 Å². The van der Waals surface area contributed by atoms with E-state index in [0.29, 0.717) is 12.1 Å². The molecule has 4 atom stereocenters. The van der Waals surface area contributed by atoms with Crippen LogP contribution in [0.25, 0.3) is 0 Å². The number of nitrogens with two attached hydrogens (primary N) is 1. The van der Waals surface area contributed by atoms with Crippen LogP contribution in [-0.4, -0.2) is 23.5 Å². The van der Waals surface area contributed by atoms with Crippen LogP contribution in [0.1, 0.15) is 44.5 Å². The Bertz CT molecular complexity index is 393. The quantitative estimate of drug-likeness (QED) is 0.909. The van der Waals surface area contributed by atoms with Crippen LogP contribution in [0.2, 0.25) is 4.34 Å². The van der Waals surface area contributed by atoms with Gasteiger partial charge >= 0.3 is 0 Å². The Morgan fingerprint density at radius 1 is 1.50 bits per heavy atom. The lowest BCUT2D eigenvalue weighted by molar-refractivity contribution is 0.163. The second-order valence-electron chi connectivity index (χ2n) is 5.55. The largest absolute Gasteiger partial charge is 0.326 e. The molecule has 1 aromatic heterocycles. The van der Waals surface area contributed by atoms with Crippen molar-refractivity contribution in [3.63, 3.8) is 0 Å². The molecule has 4 heteroatoms. The Balaban J connectivity index is 2.25. The third-order valence-electron chi connectivity index (χ3n) is 3.95. The lowest BCUT2D eigenvalue weighted by atomic mass is 10.0. The number of halogens is 1. The molecular weight excluding hydrogens is 264 g/mol. The van der Waals surface area contributed by atoms with E-state index in [9.17, 15) is 0 Å². The Hall–Kier alpha value is -0.0900. The normalized spacial score (nSPS) is 28.5. The van der Waals surface area contributed by atoms with Gasteiger partial charge in [0.05, 0.1) is 10.4 Å². The molecule has 18 heavy (non-hydrogen) atoms. The van der Waals surface area contributed by atoms with Crippen molar-refractivity contribution in [1.29, 1.82) is 0 Å². The van der Waals surface area contributed by atoms with Crippen LogP contribution >= 0.6 is 22.9 Å². The lowest BCUT2D eigenvalue weighted by Crippen LogP contribution is -2.42. The van der Waals surface area contributed by atoms with E-state index in [1.165, 1.54) is 11.3 Å². The van der Waals surface area contributed by atoms with Gasteiger partial charge in [-0.2, -0.15) is 0 Å². The molecule has 1 aromatic rings. The average molecular weight is 287 g/mol. The molecule has 2 nitrogen and oxygen atoms in total. The van der Waals surface area contributed by atoms with Crippen molar-refractivity contribution in [2.45, 2.75) is 51.7 Å². The second-order valence-corrected chi connectivity index (χ2v) is 7.29. The Labute approximate surface area is 119 Å². The van der Waals surface area contributed by atoms with Gasteiger partial charge in [0, 0.05) is 23.5 Å². The van der Waals surface area contributed by atoms with E-state index in [4.69, 9.17) is 17.3 Å². The zero-order valence-electron chi connectivity index (χ0n) is 11.4. The van der Waals surface area contributed by atoms with Crippen LogP contribution in [0.3, 0.4) is 0 Å². The van der Waals surface area contributed by atoms with E-state index in [0.717, 1.165) is 23.2 Å². The van der Waals surface area contributed by atoms with Gasteiger partial charge in [0.15, 0.2) is 0 Å². The zero-order chi connectivity index (χ0) is 13.3. The van der Waals surface area contributed by atoms with Gasteiger partial charge in [-0.05, 0) is 37.8 Å². The minimum atomic E-state index is 0.187. The number of rotatable bonds is 4. The zero-order valence-corrected chi connectivity index (χ0v) is 13.0. The molecular formula is C14H23ClN2S. The predicted octanol–water partition coefficient (Wildman–Crippen LogP) is 3.91. The summed E-state index contributed by atoms with van der Waals surface area (Å²) in [5.41, 5.74) is 6.37. The van der Waals surface area contributed by atoms with Gasteiger partial charge in [0.1, 0.15) is 0 Å². The molecule has 1 aliphatic heterocycles. The minimum Gasteiger partial charge on any atom is -0.326 e. The molecule has 0 bridgehead atoms. The molecule has 2 rings (SSSR count). The van der Waals surface area contributed by atoms with Gasteiger partial charge in [-0.15, -0.1) is 11.3 Å². The summed E-state index contributed by atoms with van der Waals surface area (Å²) in [6.07, 6.45) is 2.27. The van der Waals surface area contributed by atoms with E-state index in [-0.39, 0.29) is 6.04 Å². The van der Waals surface area contributed by atoms with Crippen LogP contribution in [0.4, 0.5) is 0 Å². The van der Waals surface area contributed by atoms with Crippen LogP contribution in [0.15, 0.2) is 12.1 Å². The van der Waals surface area contributed by atoms with Gasteiger partial charge in [-0.3, -0.25) is 4.90 Å². The van der Waals surface area contributed by atoms with Crippen molar-refractivity contribution >= 4 is 22.9 Å². The van der Waals surface area contributed by atoms with Gasteiger partial charge < -0.3 is 5.73 Å². The van der Waals surface area contributed by atoms with Gasteiger partial charge in [0.2, 0.25) is 0 Å². The summed E-state index contributed by atoms with van der Waals surface area (Å²) in [5, 5.41) is 0. The summed E-state index contributed by atoms with van der Waals surface area (Å²) >= 11 is 7.76. The monoisotopic (exact) mass is 286 g/mol. The molecule has 0 spiro atoms. The number of likely N-dealkylation sites (tertiary alicyclic amines) is 1. The molecule has 2 N–H and O–H groups in total. The molecule has 1 aliphatic rings. The van der Waals surface area contributed by atoms with Crippen molar-refractivity contribution in [3.05, 3.63) is 21.3 Å². The smallest absolute Gasteiger partial charge is 0.0931 e. The first-order valence-corrected chi connectivity index (χ1v) is 7.99. The molecule has 1 fully saturated rings. The highest BCUT2D eigenvalue weighted by atomic mass is 35.5. The van der Waals surface area contributed by atoms with Crippen molar-refractivity contribution < 1.29 is 0 Å². The minimum absolute atomic E-state index is 0.187. The Morgan fingerprint density at radius 2 is 2.22 bits per heavy atom. The molecule has 0 aromatic carbocycles. The van der Waals surface area contributed by atoms with Crippen molar-refractivity contribution in [2.75, 3.05) is 6.54 Å². The SMILES string of the molecule is CCC(N)C(c1ccc(Cl)s1)N1CC(C)CC1C. The van der Waals surface area contributed by atoms with Crippen molar-refractivity contribution in [3.8, 4) is 0 Å². The summed E-state index contributed by atoms with van der Waals surface area (Å²) in [6, 6.07) is 5.26. The van der Waals surface area contributed by atoms with Crippen LogP contribution in [-0.2, 0) is 0 Å². The molecule has 0 aliphatic carbocycles. The van der Waals surface area contributed by atoms with E-state index in [1.54, 1.807) is 11.3 Å². The molecule has 102 valence electrons. The third kappa shape index (κ3) is 2.90. The third-order valence-corrected chi connectivity index (χ3v) is 5.25. The molecule has 2 heterocycles. The first kappa shape index (κ1) is 14.3. The Morgan fingerprint density at radius 3 is 2.67 bits per heavy atom. The maximum Gasteiger partial charge on any atom is 0.0931 e. The van der Waals surface area contributed by atoms with Gasteiger partial charge in [-0.1, -0.05) is 25.4 Å². The first-order valence-electron chi connectivity index (χ1n) is 6.79. The van der Waals surface area contributed by atoms with E-state index in [2.05, 4.69) is 31.7 Å². The molecule has 0 radical (unpaired) electrons. The highest BCUT2D eigenvalue weighted by Gasteiger charge is 2.35. The molecule has 1 saturated heterocycles. The first-order chi connectivity index (χ1) is 8.52. The van der Waals surface area contributed by atoms with Crippen LogP contribution < -0.4 is 5.73 Å². The molecule has 0 amide bonds. The molecule has 0 saturated carbocycles. The second kappa shape index (κ2) is 5.91. The number of hydrogen-bond acceptors (Lipinski definition) is 3. The maximum absolute atomic E-state index is 6.37. The number of nitrogens with zero attached hydrogens (tertiary/aromatic N) is 1. The average Bonchev–Trinajstić information content (AvgIpc) is 2.86. The van der Waals surface area contributed by atoms with E-state index in [1.807, 2.05) is 6.07 Å². The maximum atomic E-state index is 6.37. The van der Waals surface area contributed by atoms with Crippen molar-refractivity contribution in [1.82, 2.24) is 4.90 Å². The predicted molar refractivity (Wildman–Crippen MR) is 80.3 cm³/mol. The van der Waals surface area contributed by atoms with Crippen LogP contribution in [0.5, 0.6) is 0 Å². The number of hydrogen-bond donors (Lipinski definition) is 1. The summed E-state index contributed by atoms with van der Waals surface area (Å²) in [6.45, 7) is 7.95. The highest BCUT2D eigenvalue weighted by molar-refractivity contribution is 7.16. The van der Waals surface area contributed by atoms with Crippen LogP contribution in [0, 0.1) is 5.92 Å². The fourth-order valence-corrected chi connectivity index (χ4v) is 4.31. The fraction of sp³-hybridized carbons (Fsp3) is 0.714. The summed E-state index contributed by atoms with van der Waals surface area (Å²) in [7, 11) is 0. The lowest BCUT2D eigenvalue weighted by Gasteiger charge is -2.34. The molecule has 4 unspecified atom stereocenters. The fourth-order valence-electron chi connectivity index (χ4n) is 3.05. The Kier molecular flexibility index (Phi) is 4.70.